The second-order valence-electron chi connectivity index (χ2n) is 9.31. The fourth-order valence-corrected chi connectivity index (χ4v) is 4.81. The van der Waals surface area contributed by atoms with Crippen molar-refractivity contribution in [1.29, 1.82) is 0 Å². The molecule has 1 unspecified atom stereocenters. The summed E-state index contributed by atoms with van der Waals surface area (Å²) in [7, 11) is 1.57. The summed E-state index contributed by atoms with van der Waals surface area (Å²) in [6.07, 6.45) is 0.902. The molecule has 7 nitrogen and oxygen atoms in total. The average Bonchev–Trinajstić information content (AvgIpc) is 2.72. The number of methoxy groups -OCH3 is 1. The van der Waals surface area contributed by atoms with Crippen molar-refractivity contribution in [3.8, 4) is 5.75 Å². The first-order chi connectivity index (χ1) is 15.1. The van der Waals surface area contributed by atoms with E-state index in [0.29, 0.717) is 29.9 Å². The molecule has 2 aromatic rings. The Hall–Kier alpha value is -3.48. The number of nitro groups is 1. The highest BCUT2D eigenvalue weighted by atomic mass is 16.6. The number of amides is 1. The number of nitrogens with zero attached hydrogens (tertiary/aromatic N) is 2. The fourth-order valence-electron chi connectivity index (χ4n) is 4.81. The second kappa shape index (κ2) is 7.89. The highest BCUT2D eigenvalue weighted by Gasteiger charge is 2.45. The normalized spacial score (nSPS) is 20.2. The van der Waals surface area contributed by atoms with Crippen molar-refractivity contribution in [2.45, 2.75) is 46.0 Å². The summed E-state index contributed by atoms with van der Waals surface area (Å²) in [6, 6.07) is 12.2. The molecular formula is C25H26N2O5. The molecule has 1 atom stereocenters. The fraction of sp³-hybridized carbons (Fsp3) is 0.360. The summed E-state index contributed by atoms with van der Waals surface area (Å²) in [4.78, 5) is 39.6. The topological polar surface area (TPSA) is 89.8 Å². The van der Waals surface area contributed by atoms with Crippen molar-refractivity contribution in [2.75, 3.05) is 12.0 Å². The van der Waals surface area contributed by atoms with E-state index >= 15 is 0 Å². The zero-order valence-electron chi connectivity index (χ0n) is 18.7. The number of carbonyl (C=O) groups excluding carboxylic acids is 2. The Morgan fingerprint density at radius 2 is 1.88 bits per heavy atom. The van der Waals surface area contributed by atoms with Crippen LogP contribution in [0, 0.1) is 22.5 Å². The first kappa shape index (κ1) is 21.7. The third-order valence-electron chi connectivity index (χ3n) is 6.21. The van der Waals surface area contributed by atoms with Crippen LogP contribution in [0.3, 0.4) is 0 Å². The number of Topliss-reactive ketones (excluding diaryl/α,β-unsaturated/α-hetero) is 1. The van der Waals surface area contributed by atoms with Crippen LogP contribution in [-0.2, 0) is 9.59 Å². The maximum absolute atomic E-state index is 13.5. The third-order valence-corrected chi connectivity index (χ3v) is 6.21. The lowest BCUT2D eigenvalue weighted by Crippen LogP contribution is -2.44. The molecule has 1 amide bonds. The molecule has 4 rings (SSSR count). The van der Waals surface area contributed by atoms with Crippen LogP contribution in [0.25, 0.3) is 0 Å². The number of hydrogen-bond donors (Lipinski definition) is 0. The van der Waals surface area contributed by atoms with Gasteiger partial charge in [-0.2, -0.15) is 0 Å². The number of ketones is 1. The van der Waals surface area contributed by atoms with Gasteiger partial charge in [-0.15, -0.1) is 0 Å². The summed E-state index contributed by atoms with van der Waals surface area (Å²) in [5, 5.41) is 11.8. The van der Waals surface area contributed by atoms with Gasteiger partial charge in [-0.25, -0.2) is 0 Å². The molecule has 2 aliphatic rings. The van der Waals surface area contributed by atoms with Gasteiger partial charge in [0.25, 0.3) is 5.69 Å². The minimum absolute atomic E-state index is 0.0173. The van der Waals surface area contributed by atoms with Crippen molar-refractivity contribution in [3.05, 3.63) is 75.0 Å². The van der Waals surface area contributed by atoms with Gasteiger partial charge in [0.05, 0.1) is 12.0 Å². The number of anilines is 1. The molecule has 0 radical (unpaired) electrons. The maximum Gasteiger partial charge on any atom is 0.293 e. The molecule has 0 bridgehead atoms. The van der Waals surface area contributed by atoms with Gasteiger partial charge in [-0.3, -0.25) is 24.6 Å². The average molecular weight is 434 g/mol. The number of nitro benzene ring substituents is 1. The molecule has 32 heavy (non-hydrogen) atoms. The van der Waals surface area contributed by atoms with E-state index in [0.717, 1.165) is 11.1 Å². The quantitative estimate of drug-likeness (QED) is 0.495. The summed E-state index contributed by atoms with van der Waals surface area (Å²) in [5.74, 6) is -0.0281. The Kier molecular flexibility index (Phi) is 5.36. The lowest BCUT2D eigenvalue weighted by Gasteiger charge is -2.42. The number of rotatable bonds is 4. The number of ether oxygens (including phenoxy) is 1. The van der Waals surface area contributed by atoms with Gasteiger partial charge in [0, 0.05) is 36.1 Å². The SMILES string of the molecule is COc1cccc(C2CC(=O)N(c3ccc(C)cc3[N+](=O)[O-])C3=C2C(=O)CC(C)(C)C3)c1. The standard InChI is InChI=1S/C25H26N2O5/c1-15-8-9-19(20(10-15)27(30)31)26-21-13-25(2,3)14-22(28)24(21)18(12-23(26)29)16-6-5-7-17(11-16)32-4/h5-11,18H,12-14H2,1-4H3. The van der Waals surface area contributed by atoms with E-state index in [1.165, 1.54) is 11.0 Å². The lowest BCUT2D eigenvalue weighted by atomic mass is 9.69. The van der Waals surface area contributed by atoms with E-state index in [1.807, 2.05) is 38.1 Å². The maximum atomic E-state index is 13.5. The van der Waals surface area contributed by atoms with E-state index in [4.69, 9.17) is 4.74 Å². The van der Waals surface area contributed by atoms with E-state index in [2.05, 4.69) is 0 Å². The Labute approximate surface area is 186 Å². The minimum Gasteiger partial charge on any atom is -0.497 e. The molecule has 166 valence electrons. The minimum atomic E-state index is -0.472. The van der Waals surface area contributed by atoms with E-state index in [9.17, 15) is 19.7 Å². The van der Waals surface area contributed by atoms with Crippen molar-refractivity contribution >= 4 is 23.1 Å². The third kappa shape index (κ3) is 3.79. The van der Waals surface area contributed by atoms with Gasteiger partial charge in [-0.05, 0) is 48.1 Å². The molecule has 0 spiro atoms. The van der Waals surface area contributed by atoms with Crippen LogP contribution in [0.1, 0.15) is 50.2 Å². The highest BCUT2D eigenvalue weighted by Crippen LogP contribution is 2.49. The van der Waals surface area contributed by atoms with Gasteiger partial charge < -0.3 is 4.74 Å². The zero-order valence-corrected chi connectivity index (χ0v) is 18.7. The highest BCUT2D eigenvalue weighted by molar-refractivity contribution is 6.08. The summed E-state index contributed by atoms with van der Waals surface area (Å²) in [6.45, 7) is 5.73. The Balaban J connectivity index is 1.94. The van der Waals surface area contributed by atoms with Crippen molar-refractivity contribution < 1.29 is 19.2 Å². The van der Waals surface area contributed by atoms with Crippen LogP contribution in [0.15, 0.2) is 53.7 Å². The second-order valence-corrected chi connectivity index (χ2v) is 9.31. The molecule has 0 N–H and O–H groups in total. The number of carbonyl (C=O) groups is 2. The van der Waals surface area contributed by atoms with Gasteiger partial charge >= 0.3 is 0 Å². The Bertz CT molecular complexity index is 1160. The summed E-state index contributed by atoms with van der Waals surface area (Å²) in [5.41, 5.74) is 2.43. The molecule has 2 aromatic carbocycles. The molecule has 0 aromatic heterocycles. The number of aryl methyl sites for hydroxylation is 1. The molecule has 1 aliphatic carbocycles. The Morgan fingerprint density at radius 1 is 1.12 bits per heavy atom. The molecular weight excluding hydrogens is 408 g/mol. The molecule has 0 saturated carbocycles. The first-order valence-corrected chi connectivity index (χ1v) is 10.6. The molecule has 0 fully saturated rings. The molecule has 0 saturated heterocycles. The van der Waals surface area contributed by atoms with E-state index in [-0.39, 0.29) is 34.9 Å². The van der Waals surface area contributed by atoms with Gasteiger partial charge in [-0.1, -0.05) is 32.0 Å². The van der Waals surface area contributed by atoms with Crippen LogP contribution >= 0.6 is 0 Å². The van der Waals surface area contributed by atoms with Crippen LogP contribution in [0.2, 0.25) is 0 Å². The van der Waals surface area contributed by atoms with Crippen LogP contribution in [0.4, 0.5) is 11.4 Å². The van der Waals surface area contributed by atoms with Crippen LogP contribution < -0.4 is 9.64 Å². The smallest absolute Gasteiger partial charge is 0.293 e. The van der Waals surface area contributed by atoms with Gasteiger partial charge in [0.2, 0.25) is 5.91 Å². The number of benzene rings is 2. The Morgan fingerprint density at radius 3 is 2.56 bits per heavy atom. The molecule has 7 heteroatoms. The first-order valence-electron chi connectivity index (χ1n) is 10.6. The van der Waals surface area contributed by atoms with E-state index in [1.54, 1.807) is 26.2 Å². The van der Waals surface area contributed by atoms with Crippen LogP contribution in [0.5, 0.6) is 5.75 Å². The largest absolute Gasteiger partial charge is 0.497 e. The van der Waals surface area contributed by atoms with Gasteiger partial charge in [0.15, 0.2) is 5.78 Å². The number of allylic oxidation sites excluding steroid dienone is 2. The zero-order chi connectivity index (χ0) is 23.2. The summed E-state index contributed by atoms with van der Waals surface area (Å²) < 4.78 is 5.34. The number of hydrogen-bond acceptors (Lipinski definition) is 5. The summed E-state index contributed by atoms with van der Waals surface area (Å²) >= 11 is 0. The molecule has 1 heterocycles. The van der Waals surface area contributed by atoms with Crippen molar-refractivity contribution in [3.63, 3.8) is 0 Å². The molecule has 1 aliphatic heterocycles. The lowest BCUT2D eigenvalue weighted by molar-refractivity contribution is -0.384. The monoisotopic (exact) mass is 434 g/mol. The predicted molar refractivity (Wildman–Crippen MR) is 121 cm³/mol. The van der Waals surface area contributed by atoms with Crippen LogP contribution in [-0.4, -0.2) is 23.7 Å². The van der Waals surface area contributed by atoms with Crippen molar-refractivity contribution in [1.82, 2.24) is 0 Å². The van der Waals surface area contributed by atoms with E-state index < -0.39 is 10.8 Å². The predicted octanol–water partition coefficient (Wildman–Crippen LogP) is 5.08. The van der Waals surface area contributed by atoms with Gasteiger partial charge in [0.1, 0.15) is 11.4 Å². The van der Waals surface area contributed by atoms with Crippen molar-refractivity contribution in [2.24, 2.45) is 5.41 Å².